The SMILES string of the molecule is CCc1ccccc1C=CC(=S)c1ccccc1. The molecule has 0 aromatic heterocycles. The molecule has 0 spiro atoms. The molecule has 0 atom stereocenters. The van der Waals surface area contributed by atoms with Crippen LogP contribution in [0.2, 0.25) is 0 Å². The number of benzene rings is 2. The molecular weight excluding hydrogens is 236 g/mol. The quantitative estimate of drug-likeness (QED) is 0.432. The summed E-state index contributed by atoms with van der Waals surface area (Å²) < 4.78 is 0. The number of rotatable bonds is 4. The average Bonchev–Trinajstić information content (AvgIpc) is 2.46. The van der Waals surface area contributed by atoms with E-state index in [1.807, 2.05) is 36.4 Å². The van der Waals surface area contributed by atoms with Crippen molar-refractivity contribution >= 4 is 23.2 Å². The smallest absolute Gasteiger partial charge is 0.0449 e. The van der Waals surface area contributed by atoms with Crippen molar-refractivity contribution in [2.24, 2.45) is 0 Å². The van der Waals surface area contributed by atoms with Crippen molar-refractivity contribution in [1.82, 2.24) is 0 Å². The van der Waals surface area contributed by atoms with Gasteiger partial charge in [-0.3, -0.25) is 0 Å². The molecule has 2 rings (SSSR count). The summed E-state index contributed by atoms with van der Waals surface area (Å²) in [6, 6.07) is 18.5. The van der Waals surface area contributed by atoms with Crippen molar-refractivity contribution in [2.75, 3.05) is 0 Å². The summed E-state index contributed by atoms with van der Waals surface area (Å²) in [6.07, 6.45) is 5.16. The Labute approximate surface area is 114 Å². The van der Waals surface area contributed by atoms with Gasteiger partial charge in [0.2, 0.25) is 0 Å². The number of hydrogen-bond donors (Lipinski definition) is 0. The lowest BCUT2D eigenvalue weighted by molar-refractivity contribution is 1.13. The summed E-state index contributed by atoms with van der Waals surface area (Å²) in [5, 5.41) is 0. The molecule has 2 aromatic rings. The maximum Gasteiger partial charge on any atom is 0.0449 e. The lowest BCUT2D eigenvalue weighted by Gasteiger charge is -2.02. The summed E-state index contributed by atoms with van der Waals surface area (Å²) in [7, 11) is 0. The van der Waals surface area contributed by atoms with Crippen molar-refractivity contribution in [3.8, 4) is 0 Å². The first-order valence-corrected chi connectivity index (χ1v) is 6.57. The standard InChI is InChI=1S/C17H16S/c1-2-14-8-6-7-9-15(14)12-13-17(18)16-10-4-3-5-11-16/h3-13H,2H2,1H3. The summed E-state index contributed by atoms with van der Waals surface area (Å²) in [5.41, 5.74) is 3.70. The van der Waals surface area contributed by atoms with Crippen molar-refractivity contribution in [2.45, 2.75) is 13.3 Å². The van der Waals surface area contributed by atoms with Gasteiger partial charge in [0.25, 0.3) is 0 Å². The van der Waals surface area contributed by atoms with E-state index in [-0.39, 0.29) is 0 Å². The first-order valence-electron chi connectivity index (χ1n) is 6.16. The van der Waals surface area contributed by atoms with Gasteiger partial charge in [0.1, 0.15) is 0 Å². The summed E-state index contributed by atoms with van der Waals surface area (Å²) in [6.45, 7) is 2.17. The third-order valence-corrected chi connectivity index (χ3v) is 3.28. The molecule has 0 bridgehead atoms. The number of hydrogen-bond acceptors (Lipinski definition) is 1. The van der Waals surface area contributed by atoms with Crippen LogP contribution in [0, 0.1) is 0 Å². The van der Waals surface area contributed by atoms with Crippen molar-refractivity contribution in [1.29, 1.82) is 0 Å². The monoisotopic (exact) mass is 252 g/mol. The van der Waals surface area contributed by atoms with E-state index < -0.39 is 0 Å². The molecule has 0 fully saturated rings. The fourth-order valence-electron chi connectivity index (χ4n) is 1.88. The van der Waals surface area contributed by atoms with Crippen LogP contribution in [0.5, 0.6) is 0 Å². The fraction of sp³-hybridized carbons (Fsp3) is 0.118. The van der Waals surface area contributed by atoms with Gasteiger partial charge < -0.3 is 0 Å². The van der Waals surface area contributed by atoms with Gasteiger partial charge in [-0.15, -0.1) is 0 Å². The molecule has 0 unspecified atom stereocenters. The Bertz CT molecular complexity index is 553. The number of aryl methyl sites for hydroxylation is 1. The number of thiocarbonyl (C=S) groups is 1. The first-order chi connectivity index (χ1) is 8.81. The molecule has 0 heterocycles. The van der Waals surface area contributed by atoms with Crippen molar-refractivity contribution < 1.29 is 0 Å². The predicted octanol–water partition coefficient (Wildman–Crippen LogP) is 4.68. The van der Waals surface area contributed by atoms with E-state index in [0.29, 0.717) is 0 Å². The summed E-state index contributed by atoms with van der Waals surface area (Å²) in [4.78, 5) is 0.876. The minimum absolute atomic E-state index is 0.876. The Morgan fingerprint density at radius 3 is 2.39 bits per heavy atom. The van der Waals surface area contributed by atoms with Crippen LogP contribution in [0.4, 0.5) is 0 Å². The van der Waals surface area contributed by atoms with E-state index >= 15 is 0 Å². The molecule has 18 heavy (non-hydrogen) atoms. The highest BCUT2D eigenvalue weighted by Crippen LogP contribution is 2.12. The van der Waals surface area contributed by atoms with E-state index in [4.69, 9.17) is 12.2 Å². The minimum atomic E-state index is 0.876. The van der Waals surface area contributed by atoms with Gasteiger partial charge in [-0.1, -0.05) is 79.8 Å². The highest BCUT2D eigenvalue weighted by molar-refractivity contribution is 7.81. The minimum Gasteiger partial charge on any atom is -0.0795 e. The van der Waals surface area contributed by atoms with Gasteiger partial charge in [-0.2, -0.15) is 0 Å². The van der Waals surface area contributed by atoms with Crippen LogP contribution in [-0.4, -0.2) is 4.86 Å². The van der Waals surface area contributed by atoms with Crippen LogP contribution >= 0.6 is 12.2 Å². The zero-order valence-corrected chi connectivity index (χ0v) is 11.3. The molecule has 0 aliphatic rings. The molecule has 0 saturated heterocycles. The second-order valence-corrected chi connectivity index (χ2v) is 4.56. The van der Waals surface area contributed by atoms with Crippen LogP contribution in [-0.2, 0) is 6.42 Å². The first kappa shape index (κ1) is 12.7. The second kappa shape index (κ2) is 6.27. The van der Waals surface area contributed by atoms with Crippen LogP contribution in [0.1, 0.15) is 23.6 Å². The van der Waals surface area contributed by atoms with Crippen molar-refractivity contribution in [3.63, 3.8) is 0 Å². The zero-order chi connectivity index (χ0) is 12.8. The van der Waals surface area contributed by atoms with Gasteiger partial charge >= 0.3 is 0 Å². The van der Waals surface area contributed by atoms with E-state index in [0.717, 1.165) is 16.8 Å². The maximum atomic E-state index is 5.41. The fourth-order valence-corrected chi connectivity index (χ4v) is 2.09. The van der Waals surface area contributed by atoms with E-state index in [1.54, 1.807) is 0 Å². The largest absolute Gasteiger partial charge is 0.0795 e. The van der Waals surface area contributed by atoms with Gasteiger partial charge in [0.05, 0.1) is 0 Å². The average molecular weight is 252 g/mol. The molecule has 0 amide bonds. The molecule has 0 aliphatic carbocycles. The van der Waals surface area contributed by atoms with Crippen LogP contribution in [0.3, 0.4) is 0 Å². The van der Waals surface area contributed by atoms with Crippen LogP contribution in [0.25, 0.3) is 6.08 Å². The Hall–Kier alpha value is -1.73. The maximum absolute atomic E-state index is 5.41. The Kier molecular flexibility index (Phi) is 4.43. The Balaban J connectivity index is 2.19. The third kappa shape index (κ3) is 3.14. The van der Waals surface area contributed by atoms with Gasteiger partial charge in [-0.05, 0) is 29.2 Å². The third-order valence-electron chi connectivity index (χ3n) is 2.91. The van der Waals surface area contributed by atoms with Gasteiger partial charge in [0, 0.05) is 4.86 Å². The predicted molar refractivity (Wildman–Crippen MR) is 83.0 cm³/mol. The molecule has 0 saturated carbocycles. The van der Waals surface area contributed by atoms with Gasteiger partial charge in [-0.25, -0.2) is 0 Å². The van der Waals surface area contributed by atoms with E-state index in [2.05, 4.69) is 37.3 Å². The topological polar surface area (TPSA) is 0 Å². The lowest BCUT2D eigenvalue weighted by Crippen LogP contribution is -1.92. The van der Waals surface area contributed by atoms with E-state index in [1.165, 1.54) is 11.1 Å². The molecule has 90 valence electrons. The van der Waals surface area contributed by atoms with E-state index in [9.17, 15) is 0 Å². The highest BCUT2D eigenvalue weighted by atomic mass is 32.1. The highest BCUT2D eigenvalue weighted by Gasteiger charge is 1.97. The summed E-state index contributed by atoms with van der Waals surface area (Å²) in [5.74, 6) is 0. The lowest BCUT2D eigenvalue weighted by atomic mass is 10.0. The van der Waals surface area contributed by atoms with Crippen molar-refractivity contribution in [3.05, 3.63) is 77.4 Å². The number of allylic oxidation sites excluding steroid dienone is 1. The summed E-state index contributed by atoms with van der Waals surface area (Å²) >= 11 is 5.41. The molecule has 0 aliphatic heterocycles. The zero-order valence-electron chi connectivity index (χ0n) is 10.5. The van der Waals surface area contributed by atoms with Crippen LogP contribution in [0.15, 0.2) is 60.7 Å². The Morgan fingerprint density at radius 2 is 1.67 bits per heavy atom. The second-order valence-electron chi connectivity index (χ2n) is 4.12. The normalized spacial score (nSPS) is 10.7. The van der Waals surface area contributed by atoms with Crippen LogP contribution < -0.4 is 0 Å². The molecule has 0 N–H and O–H groups in total. The van der Waals surface area contributed by atoms with Gasteiger partial charge in [0.15, 0.2) is 0 Å². The molecule has 1 heteroatoms. The molecule has 2 aromatic carbocycles. The molecule has 0 nitrogen and oxygen atoms in total. The Morgan fingerprint density at radius 1 is 1.00 bits per heavy atom. The molecular formula is C17H16S. The molecule has 0 radical (unpaired) electrons.